The van der Waals surface area contributed by atoms with E-state index in [9.17, 15) is 28.8 Å². The van der Waals surface area contributed by atoms with Crippen LogP contribution in [0.3, 0.4) is 0 Å². The zero-order valence-electron chi connectivity index (χ0n) is 26.9. The first kappa shape index (κ1) is 37.3. The van der Waals surface area contributed by atoms with Crippen molar-refractivity contribution in [2.75, 3.05) is 19.8 Å². The highest BCUT2D eigenvalue weighted by Crippen LogP contribution is 2.32. The average molecular weight is 669 g/mol. The third-order valence-electron chi connectivity index (χ3n) is 6.74. The number of hydrogen-bond donors (Lipinski definition) is 0. The van der Waals surface area contributed by atoms with Gasteiger partial charge >= 0.3 is 35.8 Å². The van der Waals surface area contributed by atoms with Gasteiger partial charge in [-0.05, 0) is 12.0 Å². The van der Waals surface area contributed by atoms with Gasteiger partial charge in [-0.2, -0.15) is 0 Å². The molecule has 2 aliphatic heterocycles. The number of hydrogen-bond acceptors (Lipinski definition) is 16. The quantitative estimate of drug-likeness (QED) is 0.213. The van der Waals surface area contributed by atoms with Crippen LogP contribution < -0.4 is 0 Å². The van der Waals surface area contributed by atoms with Crippen molar-refractivity contribution in [1.29, 1.82) is 0 Å². The van der Waals surface area contributed by atoms with Gasteiger partial charge in [-0.3, -0.25) is 28.8 Å². The van der Waals surface area contributed by atoms with E-state index in [1.165, 1.54) is 0 Å². The molecule has 0 unspecified atom stereocenters. The van der Waals surface area contributed by atoms with Crippen molar-refractivity contribution < 1.29 is 76.1 Å². The number of benzene rings is 1. The van der Waals surface area contributed by atoms with E-state index in [1.807, 2.05) is 30.3 Å². The van der Waals surface area contributed by atoms with E-state index in [1.54, 1.807) is 0 Å². The first-order chi connectivity index (χ1) is 22.2. The first-order valence-electron chi connectivity index (χ1n) is 14.8. The number of esters is 6. The lowest BCUT2D eigenvalue weighted by Crippen LogP contribution is -2.63. The van der Waals surface area contributed by atoms with Crippen molar-refractivity contribution in [3.05, 3.63) is 35.9 Å². The zero-order chi connectivity index (χ0) is 34.7. The van der Waals surface area contributed by atoms with Gasteiger partial charge in [0, 0.05) is 41.5 Å². The van der Waals surface area contributed by atoms with Crippen LogP contribution in [0.25, 0.3) is 0 Å². The molecule has 2 saturated heterocycles. The van der Waals surface area contributed by atoms with Gasteiger partial charge in [0.05, 0.1) is 19.8 Å². The summed E-state index contributed by atoms with van der Waals surface area (Å²) in [5.41, 5.74) is 0.946. The molecule has 0 spiro atoms. The molecular formula is C31H40O16. The third kappa shape index (κ3) is 11.6. The Balaban J connectivity index is 1.91. The molecule has 0 N–H and O–H groups in total. The largest absolute Gasteiger partial charge is 0.456 e. The molecule has 2 fully saturated rings. The standard InChI is InChI=1S/C31H40O16/c1-16(32)41-23-14-39-30(28(45-20(5)36)26(23)43-18(3)34)40-15-24-25(42-17(2)33)27(44-19(4)35)29(46-21(6)37)31(47-24)38-13-12-22-10-8-7-9-11-22/h7-11,23-31H,12-15H2,1-6H3/t23-,24-,25-,26+,27+,28-,29-,30+,31-/m1/s1. The Bertz CT molecular complexity index is 1250. The monoisotopic (exact) mass is 668 g/mol. The van der Waals surface area contributed by atoms with Crippen molar-refractivity contribution in [1.82, 2.24) is 0 Å². The summed E-state index contributed by atoms with van der Waals surface area (Å²) < 4.78 is 56.2. The molecule has 9 atom stereocenters. The summed E-state index contributed by atoms with van der Waals surface area (Å²) in [6.45, 7) is 6.06. The second-order valence-corrected chi connectivity index (χ2v) is 10.7. The summed E-state index contributed by atoms with van der Waals surface area (Å²) in [5, 5.41) is 0. The normalized spacial score (nSPS) is 28.7. The van der Waals surface area contributed by atoms with Crippen LogP contribution in [0.5, 0.6) is 0 Å². The van der Waals surface area contributed by atoms with Crippen molar-refractivity contribution in [2.24, 2.45) is 0 Å². The van der Waals surface area contributed by atoms with Crippen molar-refractivity contribution in [3.63, 3.8) is 0 Å². The van der Waals surface area contributed by atoms with Gasteiger partial charge in [-0.1, -0.05) is 30.3 Å². The molecule has 16 nitrogen and oxygen atoms in total. The van der Waals surface area contributed by atoms with Crippen molar-refractivity contribution in [3.8, 4) is 0 Å². The van der Waals surface area contributed by atoms with E-state index < -0.39 is 97.7 Å². The Morgan fingerprint density at radius 2 is 1.09 bits per heavy atom. The van der Waals surface area contributed by atoms with E-state index in [-0.39, 0.29) is 13.2 Å². The van der Waals surface area contributed by atoms with Crippen molar-refractivity contribution in [2.45, 2.75) is 103 Å². The van der Waals surface area contributed by atoms with Crippen molar-refractivity contribution >= 4 is 35.8 Å². The molecule has 3 rings (SSSR count). The van der Waals surface area contributed by atoms with Crippen LogP contribution in [-0.4, -0.2) is 111 Å². The molecule has 16 heteroatoms. The smallest absolute Gasteiger partial charge is 0.303 e. The average Bonchev–Trinajstić information content (AvgIpc) is 2.96. The van der Waals surface area contributed by atoms with Gasteiger partial charge in [-0.15, -0.1) is 0 Å². The van der Waals surface area contributed by atoms with Gasteiger partial charge in [0.15, 0.2) is 49.2 Å². The maximum atomic E-state index is 12.2. The third-order valence-corrected chi connectivity index (χ3v) is 6.74. The molecule has 0 amide bonds. The maximum Gasteiger partial charge on any atom is 0.303 e. The molecule has 47 heavy (non-hydrogen) atoms. The minimum atomic E-state index is -1.42. The van der Waals surface area contributed by atoms with E-state index >= 15 is 0 Å². The Labute approximate surface area is 271 Å². The van der Waals surface area contributed by atoms with Crippen LogP contribution in [0, 0.1) is 0 Å². The highest BCUT2D eigenvalue weighted by atomic mass is 16.8. The Morgan fingerprint density at radius 1 is 0.596 bits per heavy atom. The molecule has 0 aliphatic carbocycles. The Kier molecular flexibility index (Phi) is 14.1. The molecule has 1 aromatic carbocycles. The number of carbonyl (C=O) groups is 6. The van der Waals surface area contributed by atoms with Crippen LogP contribution in [0.1, 0.15) is 47.1 Å². The summed E-state index contributed by atoms with van der Waals surface area (Å²) in [6, 6.07) is 9.37. The SMILES string of the molecule is CC(=O)O[C@@H]1[C@@H](OC(C)=O)[C@H](OCCc2ccccc2)O[C@H](CO[C@@H]2OC[C@@H](OC(C)=O)[C@H](OC(C)=O)[C@H]2OC(C)=O)[C@H]1OC(C)=O. The fourth-order valence-electron chi connectivity index (χ4n) is 5.10. The zero-order valence-corrected chi connectivity index (χ0v) is 26.9. The molecule has 0 saturated carbocycles. The van der Waals surface area contributed by atoms with E-state index in [2.05, 4.69) is 0 Å². The minimum Gasteiger partial charge on any atom is -0.456 e. The maximum absolute atomic E-state index is 12.2. The fraction of sp³-hybridized carbons (Fsp3) is 0.613. The molecule has 0 bridgehead atoms. The second kappa shape index (κ2) is 17.7. The van der Waals surface area contributed by atoms with Crippen LogP contribution in [0.2, 0.25) is 0 Å². The number of carbonyl (C=O) groups excluding carboxylic acids is 6. The van der Waals surface area contributed by atoms with Crippen LogP contribution in [-0.2, 0) is 82.6 Å². The molecule has 2 aliphatic rings. The van der Waals surface area contributed by atoms with Gasteiger partial charge in [-0.25, -0.2) is 0 Å². The summed E-state index contributed by atoms with van der Waals surface area (Å²) in [7, 11) is 0. The van der Waals surface area contributed by atoms with Crippen LogP contribution >= 0.6 is 0 Å². The van der Waals surface area contributed by atoms with E-state index in [4.69, 9.17) is 47.4 Å². The van der Waals surface area contributed by atoms with E-state index in [0.29, 0.717) is 6.42 Å². The molecule has 260 valence electrons. The summed E-state index contributed by atoms with van der Waals surface area (Å²) >= 11 is 0. The molecule has 0 radical (unpaired) electrons. The second-order valence-electron chi connectivity index (χ2n) is 10.7. The number of ether oxygens (including phenoxy) is 10. The van der Waals surface area contributed by atoms with Crippen LogP contribution in [0.15, 0.2) is 30.3 Å². The minimum absolute atomic E-state index is 0.0902. The lowest BCUT2D eigenvalue weighted by Gasteiger charge is -2.45. The highest BCUT2D eigenvalue weighted by Gasteiger charge is 2.54. The highest BCUT2D eigenvalue weighted by molar-refractivity contribution is 5.69. The molecule has 2 heterocycles. The topological polar surface area (TPSA) is 195 Å². The first-order valence-corrected chi connectivity index (χ1v) is 14.8. The van der Waals surface area contributed by atoms with Gasteiger partial charge < -0.3 is 47.4 Å². The number of rotatable bonds is 13. The molecular weight excluding hydrogens is 628 g/mol. The van der Waals surface area contributed by atoms with Gasteiger partial charge in [0.2, 0.25) is 0 Å². The summed E-state index contributed by atoms with van der Waals surface area (Å²) in [6.07, 6.45) is -11.5. The predicted molar refractivity (Wildman–Crippen MR) is 154 cm³/mol. The van der Waals surface area contributed by atoms with Crippen LogP contribution in [0.4, 0.5) is 0 Å². The van der Waals surface area contributed by atoms with Gasteiger partial charge in [0.1, 0.15) is 6.10 Å². The predicted octanol–water partition coefficient (Wildman–Crippen LogP) is 0.934. The van der Waals surface area contributed by atoms with Gasteiger partial charge in [0.25, 0.3) is 0 Å². The summed E-state index contributed by atoms with van der Waals surface area (Å²) in [5.74, 6) is -4.55. The van der Waals surface area contributed by atoms with E-state index in [0.717, 1.165) is 47.1 Å². The molecule has 0 aromatic heterocycles. The Hall–Kier alpha value is -4.12. The fourth-order valence-corrected chi connectivity index (χ4v) is 5.10. The lowest BCUT2D eigenvalue weighted by molar-refractivity contribution is -0.325. The summed E-state index contributed by atoms with van der Waals surface area (Å²) in [4.78, 5) is 72.2. The Morgan fingerprint density at radius 3 is 1.64 bits per heavy atom. The lowest BCUT2D eigenvalue weighted by atomic mass is 9.98. The molecule has 1 aromatic rings.